The van der Waals surface area contributed by atoms with E-state index in [9.17, 15) is 19.5 Å². The molecule has 0 aliphatic carbocycles. The highest BCUT2D eigenvalue weighted by atomic mass is 32.2. The maximum Gasteiger partial charge on any atom is 0.244 e. The molecule has 0 aromatic rings. The molecule has 3 saturated heterocycles. The van der Waals surface area contributed by atoms with Gasteiger partial charge in [-0.05, 0) is 32.1 Å². The van der Waals surface area contributed by atoms with Gasteiger partial charge in [-0.2, -0.15) is 0 Å². The molecular weight excluding hydrogens is 378 g/mol. The van der Waals surface area contributed by atoms with Crippen LogP contribution in [-0.4, -0.2) is 70.0 Å². The van der Waals surface area contributed by atoms with E-state index in [1.165, 1.54) is 0 Å². The van der Waals surface area contributed by atoms with E-state index >= 15 is 0 Å². The van der Waals surface area contributed by atoms with E-state index in [0.29, 0.717) is 26.1 Å². The summed E-state index contributed by atoms with van der Waals surface area (Å²) in [6.45, 7) is 5.61. The van der Waals surface area contributed by atoms with Crippen molar-refractivity contribution in [1.29, 1.82) is 0 Å². The van der Waals surface area contributed by atoms with Gasteiger partial charge in [-0.25, -0.2) is 0 Å². The lowest BCUT2D eigenvalue weighted by atomic mass is 9.70. The maximum atomic E-state index is 13.4. The second kappa shape index (κ2) is 9.03. The van der Waals surface area contributed by atoms with Gasteiger partial charge >= 0.3 is 0 Å². The number of aliphatic hydroxyl groups excluding tert-OH is 1. The number of nitrogens with zero attached hydrogens (tertiary/aromatic N) is 1. The van der Waals surface area contributed by atoms with E-state index in [1.807, 2.05) is 6.92 Å². The number of likely N-dealkylation sites (tertiary alicyclic amines) is 1. The van der Waals surface area contributed by atoms with Crippen LogP contribution in [0.4, 0.5) is 0 Å². The minimum atomic E-state index is -0.549. The Morgan fingerprint density at radius 2 is 1.93 bits per heavy atom. The molecule has 0 aromatic heterocycles. The molecule has 0 aromatic carbocycles. The zero-order valence-corrected chi connectivity index (χ0v) is 17.7. The normalized spacial score (nSPS) is 33.2. The number of carbonyl (C=O) groups excluding carboxylic acids is 3. The third kappa shape index (κ3) is 3.54. The van der Waals surface area contributed by atoms with Gasteiger partial charge < -0.3 is 20.6 Å². The first-order valence-corrected chi connectivity index (χ1v) is 11.5. The molecule has 3 heterocycles. The second-order valence-corrected chi connectivity index (χ2v) is 9.70. The Balaban J connectivity index is 1.87. The van der Waals surface area contributed by atoms with Gasteiger partial charge in [0.15, 0.2) is 0 Å². The predicted molar refractivity (Wildman–Crippen MR) is 109 cm³/mol. The zero-order chi connectivity index (χ0) is 20.3. The fourth-order valence-corrected chi connectivity index (χ4v) is 7.31. The second-order valence-electron chi connectivity index (χ2n) is 8.10. The molecule has 7 nitrogen and oxygen atoms in total. The fourth-order valence-electron chi connectivity index (χ4n) is 5.09. The number of hydrogen-bond acceptors (Lipinski definition) is 5. The largest absolute Gasteiger partial charge is 0.396 e. The first-order valence-electron chi connectivity index (χ1n) is 10.7. The van der Waals surface area contributed by atoms with Crippen molar-refractivity contribution in [3.05, 3.63) is 0 Å². The van der Waals surface area contributed by atoms with Crippen molar-refractivity contribution in [3.63, 3.8) is 0 Å². The number of aliphatic hydroxyl groups is 1. The molecule has 3 rings (SSSR count). The van der Waals surface area contributed by atoms with Gasteiger partial charge in [0.2, 0.25) is 17.7 Å². The van der Waals surface area contributed by atoms with Gasteiger partial charge in [-0.15, -0.1) is 11.8 Å². The molecule has 0 radical (unpaired) electrons. The van der Waals surface area contributed by atoms with Crippen molar-refractivity contribution in [1.82, 2.24) is 15.5 Å². The fraction of sp³-hybridized carbons (Fsp3) is 0.850. The molecule has 2 bridgehead atoms. The van der Waals surface area contributed by atoms with Crippen LogP contribution < -0.4 is 10.6 Å². The van der Waals surface area contributed by atoms with Gasteiger partial charge in [-0.3, -0.25) is 14.4 Å². The van der Waals surface area contributed by atoms with Crippen molar-refractivity contribution in [2.75, 3.05) is 26.2 Å². The van der Waals surface area contributed by atoms with Crippen molar-refractivity contribution >= 4 is 29.5 Å². The number of carbonyl (C=O) groups is 3. The Hall–Kier alpha value is -1.28. The Labute approximate surface area is 171 Å². The van der Waals surface area contributed by atoms with Crippen molar-refractivity contribution < 1.29 is 19.5 Å². The van der Waals surface area contributed by atoms with Gasteiger partial charge in [0.05, 0.1) is 16.6 Å². The summed E-state index contributed by atoms with van der Waals surface area (Å²) in [5.41, 5.74) is 0. The molecule has 158 valence electrons. The van der Waals surface area contributed by atoms with E-state index < -0.39 is 16.7 Å². The molecule has 28 heavy (non-hydrogen) atoms. The van der Waals surface area contributed by atoms with Crippen LogP contribution in [0.3, 0.4) is 0 Å². The van der Waals surface area contributed by atoms with Crippen LogP contribution in [0.15, 0.2) is 0 Å². The molecule has 3 aliphatic rings. The average molecular weight is 412 g/mol. The summed E-state index contributed by atoms with van der Waals surface area (Å²) in [6, 6.07) is -0.549. The van der Waals surface area contributed by atoms with Crippen LogP contribution in [0.1, 0.15) is 52.4 Å². The van der Waals surface area contributed by atoms with Gasteiger partial charge in [-0.1, -0.05) is 20.3 Å². The Kier molecular flexibility index (Phi) is 6.91. The van der Waals surface area contributed by atoms with E-state index in [4.69, 9.17) is 0 Å². The van der Waals surface area contributed by atoms with Gasteiger partial charge in [0.1, 0.15) is 6.04 Å². The van der Waals surface area contributed by atoms with Crippen molar-refractivity contribution in [2.24, 2.45) is 11.8 Å². The highest BCUT2D eigenvalue weighted by Gasteiger charge is 2.73. The maximum absolute atomic E-state index is 13.4. The average Bonchev–Trinajstić information content (AvgIpc) is 3.32. The topological polar surface area (TPSA) is 98.7 Å². The number of nitrogens with one attached hydrogen (secondary N) is 2. The number of unbranched alkanes of at least 4 members (excludes halogenated alkanes) is 1. The van der Waals surface area contributed by atoms with Crippen molar-refractivity contribution in [2.45, 2.75) is 68.4 Å². The molecular formula is C20H33N3O4S. The minimum Gasteiger partial charge on any atom is -0.396 e. The summed E-state index contributed by atoms with van der Waals surface area (Å²) in [4.78, 5) is 41.0. The Morgan fingerprint density at radius 1 is 1.18 bits per heavy atom. The molecule has 0 saturated carbocycles. The molecule has 3 amide bonds. The van der Waals surface area contributed by atoms with Crippen LogP contribution in [0.5, 0.6) is 0 Å². The molecule has 2 unspecified atom stereocenters. The summed E-state index contributed by atoms with van der Waals surface area (Å²) in [6.07, 6.45) is 4.84. The zero-order valence-electron chi connectivity index (χ0n) is 16.9. The molecule has 3 N–H and O–H groups in total. The first-order chi connectivity index (χ1) is 13.5. The monoisotopic (exact) mass is 411 g/mol. The third-order valence-electron chi connectivity index (χ3n) is 6.29. The summed E-state index contributed by atoms with van der Waals surface area (Å²) < 4.78 is -0.512. The lowest BCUT2D eigenvalue weighted by molar-refractivity contribution is -0.140. The summed E-state index contributed by atoms with van der Waals surface area (Å²) in [5, 5.41) is 15.4. The number of rotatable bonds is 10. The lowest BCUT2D eigenvalue weighted by Crippen LogP contribution is -2.54. The number of amides is 3. The van der Waals surface area contributed by atoms with E-state index in [0.717, 1.165) is 32.1 Å². The summed E-state index contributed by atoms with van der Waals surface area (Å²) in [7, 11) is 0. The molecule has 8 heteroatoms. The van der Waals surface area contributed by atoms with Crippen LogP contribution in [0, 0.1) is 11.8 Å². The molecule has 3 aliphatic heterocycles. The Morgan fingerprint density at radius 3 is 2.61 bits per heavy atom. The molecule has 1 spiro atoms. The van der Waals surface area contributed by atoms with E-state index in [1.54, 1.807) is 16.7 Å². The van der Waals surface area contributed by atoms with Crippen LogP contribution in [0.25, 0.3) is 0 Å². The number of hydrogen-bond donors (Lipinski definition) is 3. The SMILES string of the molecule is CCCCNC(=O)C1N(CCCO)C(=O)[C@@H]2[C@H](C(=O)NCCC)[C@@H]3CCC12S3. The highest BCUT2D eigenvalue weighted by molar-refractivity contribution is 8.02. The molecule has 3 fully saturated rings. The third-order valence-corrected chi connectivity index (χ3v) is 8.24. The van der Waals surface area contributed by atoms with Gasteiger partial charge in [0, 0.05) is 31.5 Å². The van der Waals surface area contributed by atoms with Crippen LogP contribution in [-0.2, 0) is 14.4 Å². The first kappa shape index (κ1) is 21.4. The number of thioether (sulfide) groups is 1. The van der Waals surface area contributed by atoms with E-state index in [2.05, 4.69) is 17.6 Å². The standard InChI is InChI=1S/C20H33N3O4S/c1-3-5-10-22-18(26)16-20-8-7-13(28-20)14(17(25)21-9-4-2)15(20)19(27)23(16)11-6-12-24/h13-16,24H,3-12H2,1-2H3,(H,21,25)(H,22,26)/t13-,14+,15-,16?,20?/m0/s1. The van der Waals surface area contributed by atoms with Crippen LogP contribution in [0.2, 0.25) is 0 Å². The van der Waals surface area contributed by atoms with Crippen LogP contribution >= 0.6 is 11.8 Å². The minimum absolute atomic E-state index is 0.0260. The summed E-state index contributed by atoms with van der Waals surface area (Å²) >= 11 is 1.69. The van der Waals surface area contributed by atoms with Crippen molar-refractivity contribution in [3.8, 4) is 0 Å². The quantitative estimate of drug-likeness (QED) is 0.464. The lowest BCUT2D eigenvalue weighted by Gasteiger charge is -2.34. The molecule has 5 atom stereocenters. The Bertz CT molecular complexity index is 616. The summed E-state index contributed by atoms with van der Waals surface area (Å²) in [5.74, 6) is -1.04. The smallest absolute Gasteiger partial charge is 0.244 e. The van der Waals surface area contributed by atoms with Gasteiger partial charge in [0.25, 0.3) is 0 Å². The van der Waals surface area contributed by atoms with E-state index in [-0.39, 0.29) is 35.5 Å². The predicted octanol–water partition coefficient (Wildman–Crippen LogP) is 0.903. The highest BCUT2D eigenvalue weighted by Crippen LogP contribution is 2.66. The number of fused-ring (bicyclic) bond motifs is 1.